The SMILES string of the molecule is CCOC(=O)N[C@@H]1[C@H](OCC)O[C@H](CO)[C@@H](O)[C@@H]1O. The molecule has 0 aliphatic carbocycles. The number of ether oxygens (including phenoxy) is 3. The molecule has 8 nitrogen and oxygen atoms in total. The van der Waals surface area contributed by atoms with Gasteiger partial charge in [-0.2, -0.15) is 0 Å². The summed E-state index contributed by atoms with van der Waals surface area (Å²) in [5, 5.41) is 31.1. The van der Waals surface area contributed by atoms with Crippen LogP contribution in [0.4, 0.5) is 4.79 Å². The zero-order chi connectivity index (χ0) is 14.4. The molecule has 0 radical (unpaired) electrons. The van der Waals surface area contributed by atoms with Crippen LogP contribution in [-0.4, -0.2) is 71.9 Å². The first kappa shape index (κ1) is 16.1. The molecule has 1 aliphatic heterocycles. The van der Waals surface area contributed by atoms with E-state index in [9.17, 15) is 15.0 Å². The first-order valence-electron chi connectivity index (χ1n) is 6.22. The summed E-state index contributed by atoms with van der Waals surface area (Å²) in [4.78, 5) is 11.4. The van der Waals surface area contributed by atoms with Crippen LogP contribution in [0.5, 0.6) is 0 Å². The average Bonchev–Trinajstić information content (AvgIpc) is 2.38. The maximum Gasteiger partial charge on any atom is 0.407 e. The topological polar surface area (TPSA) is 117 Å². The number of aliphatic hydroxyl groups is 3. The van der Waals surface area contributed by atoms with Crippen LogP contribution in [0.15, 0.2) is 0 Å². The predicted octanol–water partition coefficient (Wildman–Crippen LogP) is -1.42. The third-order valence-electron chi connectivity index (χ3n) is 2.77. The Balaban J connectivity index is 2.75. The van der Waals surface area contributed by atoms with Crippen LogP contribution in [0.3, 0.4) is 0 Å². The second kappa shape index (κ2) is 7.61. The van der Waals surface area contributed by atoms with Gasteiger partial charge in [-0.1, -0.05) is 0 Å². The van der Waals surface area contributed by atoms with E-state index in [2.05, 4.69) is 5.32 Å². The molecule has 1 fully saturated rings. The quantitative estimate of drug-likeness (QED) is 0.487. The summed E-state index contributed by atoms with van der Waals surface area (Å²) >= 11 is 0. The molecule has 4 N–H and O–H groups in total. The molecule has 0 unspecified atom stereocenters. The van der Waals surface area contributed by atoms with E-state index in [0.717, 1.165) is 0 Å². The molecule has 1 aliphatic rings. The van der Waals surface area contributed by atoms with Gasteiger partial charge >= 0.3 is 6.09 Å². The van der Waals surface area contributed by atoms with Gasteiger partial charge in [0.15, 0.2) is 6.29 Å². The summed E-state index contributed by atoms with van der Waals surface area (Å²) < 4.78 is 15.3. The molecule has 0 aromatic carbocycles. The fourth-order valence-electron chi connectivity index (χ4n) is 1.85. The third-order valence-corrected chi connectivity index (χ3v) is 2.77. The highest BCUT2D eigenvalue weighted by Gasteiger charge is 2.45. The van der Waals surface area contributed by atoms with Gasteiger partial charge in [-0.25, -0.2) is 4.79 Å². The van der Waals surface area contributed by atoms with Crippen molar-refractivity contribution in [1.82, 2.24) is 5.32 Å². The van der Waals surface area contributed by atoms with E-state index in [1.165, 1.54) is 0 Å². The number of aliphatic hydroxyl groups excluding tert-OH is 3. The maximum absolute atomic E-state index is 11.4. The van der Waals surface area contributed by atoms with E-state index in [4.69, 9.17) is 19.3 Å². The Morgan fingerprint density at radius 3 is 2.47 bits per heavy atom. The first-order chi connectivity index (χ1) is 9.04. The normalized spacial score (nSPS) is 34.9. The molecule has 1 amide bonds. The number of hydrogen-bond acceptors (Lipinski definition) is 7. The molecule has 5 atom stereocenters. The van der Waals surface area contributed by atoms with Crippen LogP contribution >= 0.6 is 0 Å². The summed E-state index contributed by atoms with van der Waals surface area (Å²) in [6.45, 7) is 3.36. The minimum Gasteiger partial charge on any atom is -0.450 e. The lowest BCUT2D eigenvalue weighted by Crippen LogP contribution is -2.64. The van der Waals surface area contributed by atoms with Crippen LogP contribution in [0.25, 0.3) is 0 Å². The Bertz CT molecular complexity index is 288. The molecular formula is C11H21NO7. The van der Waals surface area contributed by atoms with Gasteiger partial charge in [0.2, 0.25) is 0 Å². The average molecular weight is 279 g/mol. The Kier molecular flexibility index (Phi) is 6.46. The van der Waals surface area contributed by atoms with Gasteiger partial charge in [0.05, 0.1) is 13.2 Å². The van der Waals surface area contributed by atoms with Crippen molar-refractivity contribution in [2.24, 2.45) is 0 Å². The minimum atomic E-state index is -1.33. The monoisotopic (exact) mass is 279 g/mol. The molecule has 0 aromatic rings. The van der Waals surface area contributed by atoms with Crippen molar-refractivity contribution < 1.29 is 34.3 Å². The van der Waals surface area contributed by atoms with Crippen LogP contribution in [-0.2, 0) is 14.2 Å². The van der Waals surface area contributed by atoms with Crippen LogP contribution in [0, 0.1) is 0 Å². The fourth-order valence-corrected chi connectivity index (χ4v) is 1.85. The number of carbonyl (C=O) groups excluding carboxylic acids is 1. The summed E-state index contributed by atoms with van der Waals surface area (Å²) in [6.07, 6.45) is -5.33. The summed E-state index contributed by atoms with van der Waals surface area (Å²) in [7, 11) is 0. The number of amides is 1. The molecule has 19 heavy (non-hydrogen) atoms. The van der Waals surface area contributed by atoms with E-state index in [1.54, 1.807) is 13.8 Å². The summed E-state index contributed by atoms with van der Waals surface area (Å²) in [6, 6.07) is -0.975. The van der Waals surface area contributed by atoms with E-state index < -0.39 is 43.3 Å². The van der Waals surface area contributed by atoms with Crippen molar-refractivity contribution in [2.45, 2.75) is 44.5 Å². The molecule has 0 spiro atoms. The van der Waals surface area contributed by atoms with Gasteiger partial charge in [0.1, 0.15) is 24.4 Å². The second-order valence-corrected chi connectivity index (χ2v) is 4.05. The van der Waals surface area contributed by atoms with E-state index >= 15 is 0 Å². The van der Waals surface area contributed by atoms with Gasteiger partial charge < -0.3 is 34.8 Å². The third kappa shape index (κ3) is 4.02. The van der Waals surface area contributed by atoms with Gasteiger partial charge in [-0.05, 0) is 13.8 Å². The van der Waals surface area contributed by atoms with Gasteiger partial charge in [-0.15, -0.1) is 0 Å². The van der Waals surface area contributed by atoms with Gasteiger partial charge in [0.25, 0.3) is 0 Å². The first-order valence-corrected chi connectivity index (χ1v) is 6.22. The lowest BCUT2D eigenvalue weighted by molar-refractivity contribution is -0.268. The van der Waals surface area contributed by atoms with E-state index in [1.807, 2.05) is 0 Å². The van der Waals surface area contributed by atoms with E-state index in [-0.39, 0.29) is 13.2 Å². The number of hydrogen-bond donors (Lipinski definition) is 4. The standard InChI is InChI=1S/C11H21NO7/c1-3-17-10-7(12-11(16)18-4-2)9(15)8(14)6(5-13)19-10/h6-10,13-15H,3-5H2,1-2H3,(H,12,16)/t6-,7+,8-,9-,10-/m1/s1. The Labute approximate surface area is 111 Å². The fraction of sp³-hybridized carbons (Fsp3) is 0.909. The van der Waals surface area contributed by atoms with Crippen molar-refractivity contribution in [3.63, 3.8) is 0 Å². The summed E-state index contributed by atoms with van der Waals surface area (Å²) in [5.41, 5.74) is 0. The molecule has 0 bridgehead atoms. The smallest absolute Gasteiger partial charge is 0.407 e. The molecular weight excluding hydrogens is 258 g/mol. The van der Waals surface area contributed by atoms with Crippen molar-refractivity contribution in [2.75, 3.05) is 19.8 Å². The number of nitrogens with one attached hydrogen (secondary N) is 1. The lowest BCUT2D eigenvalue weighted by Gasteiger charge is -2.41. The largest absolute Gasteiger partial charge is 0.450 e. The molecule has 1 rings (SSSR count). The number of alkyl carbamates (subject to hydrolysis) is 1. The highest BCUT2D eigenvalue weighted by Crippen LogP contribution is 2.22. The zero-order valence-corrected chi connectivity index (χ0v) is 11.0. The minimum absolute atomic E-state index is 0.177. The predicted molar refractivity (Wildman–Crippen MR) is 63.3 cm³/mol. The summed E-state index contributed by atoms with van der Waals surface area (Å²) in [5.74, 6) is 0. The van der Waals surface area contributed by atoms with Crippen molar-refractivity contribution in [1.29, 1.82) is 0 Å². The second-order valence-electron chi connectivity index (χ2n) is 4.05. The van der Waals surface area contributed by atoms with Gasteiger partial charge in [-0.3, -0.25) is 0 Å². The Hall–Kier alpha value is -0.930. The molecule has 0 aromatic heterocycles. The van der Waals surface area contributed by atoms with Crippen LogP contribution in [0.1, 0.15) is 13.8 Å². The zero-order valence-electron chi connectivity index (χ0n) is 11.0. The highest BCUT2D eigenvalue weighted by atomic mass is 16.7. The van der Waals surface area contributed by atoms with Crippen LogP contribution in [0.2, 0.25) is 0 Å². The molecule has 0 saturated carbocycles. The maximum atomic E-state index is 11.4. The number of carbonyl (C=O) groups is 1. The number of rotatable bonds is 5. The Morgan fingerprint density at radius 2 is 1.95 bits per heavy atom. The van der Waals surface area contributed by atoms with Crippen molar-refractivity contribution in [3.05, 3.63) is 0 Å². The van der Waals surface area contributed by atoms with Crippen molar-refractivity contribution in [3.8, 4) is 0 Å². The highest BCUT2D eigenvalue weighted by molar-refractivity contribution is 5.67. The molecule has 1 saturated heterocycles. The Morgan fingerprint density at radius 1 is 1.26 bits per heavy atom. The molecule has 1 heterocycles. The molecule has 8 heteroatoms. The van der Waals surface area contributed by atoms with Gasteiger partial charge in [0, 0.05) is 6.61 Å². The van der Waals surface area contributed by atoms with Crippen molar-refractivity contribution >= 4 is 6.09 Å². The molecule has 112 valence electrons. The van der Waals surface area contributed by atoms with E-state index in [0.29, 0.717) is 0 Å². The lowest BCUT2D eigenvalue weighted by atomic mass is 9.97. The van der Waals surface area contributed by atoms with Crippen LogP contribution < -0.4 is 5.32 Å².